The number of benzene rings is 1. The predicted molar refractivity (Wildman–Crippen MR) is 108 cm³/mol. The Kier molecular flexibility index (Phi) is 8.36. The third-order valence-corrected chi connectivity index (χ3v) is 4.03. The highest BCUT2D eigenvalue weighted by Gasteiger charge is 2.17. The number of carbonyl (C=O) groups is 2. The van der Waals surface area contributed by atoms with Gasteiger partial charge in [0.05, 0.1) is 5.56 Å². The molecule has 8 heteroatoms. The number of carbonyl (C=O) groups excluding carboxylic acids is 1. The van der Waals surface area contributed by atoms with Crippen LogP contribution in [0, 0.1) is 0 Å². The van der Waals surface area contributed by atoms with Gasteiger partial charge >= 0.3 is 5.97 Å². The predicted octanol–water partition coefficient (Wildman–Crippen LogP) is 3.22. The maximum absolute atomic E-state index is 12.5. The Morgan fingerprint density at radius 2 is 1.86 bits per heavy atom. The van der Waals surface area contributed by atoms with Crippen molar-refractivity contribution >= 4 is 23.6 Å². The molecule has 0 fully saturated rings. The van der Waals surface area contributed by atoms with E-state index in [1.165, 1.54) is 5.01 Å². The Bertz CT molecular complexity index is 780. The summed E-state index contributed by atoms with van der Waals surface area (Å²) in [5.41, 5.74) is 4.26. The largest absolute Gasteiger partial charge is 0.478 e. The minimum Gasteiger partial charge on any atom is -0.478 e. The summed E-state index contributed by atoms with van der Waals surface area (Å²) in [5.74, 6) is -0.122. The minimum absolute atomic E-state index is 0.0586. The normalized spacial score (nSPS) is 10.5. The second kappa shape index (κ2) is 11.0. The molecule has 2 rings (SSSR count). The van der Waals surface area contributed by atoms with Gasteiger partial charge in [-0.1, -0.05) is 32.4 Å². The number of carboxylic acid groups (broad SMARTS) is 1. The molecular formula is C20H27N5O3. The van der Waals surface area contributed by atoms with Crippen LogP contribution in [-0.2, 0) is 11.3 Å². The standard InChI is InChI=1S/C20H27N5O3/c1-3-5-6-18(26)25(23-12-4-2)20-21-13-11-17(24-20)22-14-15-7-9-16(10-8-15)19(27)28/h7-11,13,23H,3-6,12,14H2,1-2H3,(H,27,28)(H,21,22,24). The van der Waals surface area contributed by atoms with Crippen LogP contribution in [0.15, 0.2) is 36.5 Å². The first-order valence-corrected chi connectivity index (χ1v) is 9.50. The van der Waals surface area contributed by atoms with Crippen molar-refractivity contribution < 1.29 is 14.7 Å². The molecular weight excluding hydrogens is 358 g/mol. The van der Waals surface area contributed by atoms with Gasteiger partial charge < -0.3 is 10.4 Å². The Balaban J connectivity index is 2.07. The fourth-order valence-corrected chi connectivity index (χ4v) is 2.45. The van der Waals surface area contributed by atoms with Gasteiger partial charge in [-0.3, -0.25) is 4.79 Å². The van der Waals surface area contributed by atoms with Crippen LogP contribution >= 0.6 is 0 Å². The number of anilines is 2. The van der Waals surface area contributed by atoms with Crippen LogP contribution < -0.4 is 15.8 Å². The van der Waals surface area contributed by atoms with Crippen molar-refractivity contribution in [2.75, 3.05) is 16.9 Å². The average Bonchev–Trinajstić information content (AvgIpc) is 2.71. The van der Waals surface area contributed by atoms with Gasteiger partial charge in [-0.05, 0) is 36.6 Å². The highest BCUT2D eigenvalue weighted by Crippen LogP contribution is 2.13. The fraction of sp³-hybridized carbons (Fsp3) is 0.400. The van der Waals surface area contributed by atoms with Gasteiger partial charge in [0.2, 0.25) is 11.9 Å². The molecule has 1 heterocycles. The summed E-state index contributed by atoms with van der Waals surface area (Å²) in [4.78, 5) is 32.1. The second-order valence-electron chi connectivity index (χ2n) is 6.34. The van der Waals surface area contributed by atoms with E-state index < -0.39 is 5.97 Å². The molecule has 1 aromatic carbocycles. The summed E-state index contributed by atoms with van der Waals surface area (Å²) < 4.78 is 0. The second-order valence-corrected chi connectivity index (χ2v) is 6.34. The first-order valence-electron chi connectivity index (χ1n) is 9.50. The monoisotopic (exact) mass is 385 g/mol. The van der Waals surface area contributed by atoms with E-state index in [1.807, 2.05) is 13.8 Å². The number of amides is 1. The Morgan fingerprint density at radius 1 is 1.11 bits per heavy atom. The van der Waals surface area contributed by atoms with Crippen molar-refractivity contribution in [3.8, 4) is 0 Å². The topological polar surface area (TPSA) is 107 Å². The molecule has 0 aliphatic heterocycles. The van der Waals surface area contributed by atoms with Gasteiger partial charge in [0.25, 0.3) is 0 Å². The molecule has 1 aromatic heterocycles. The first-order chi connectivity index (χ1) is 13.5. The SMILES string of the molecule is CCCCC(=O)N(NCCC)c1nccc(NCc2ccc(C(=O)O)cc2)n1. The highest BCUT2D eigenvalue weighted by atomic mass is 16.4. The Labute approximate surface area is 165 Å². The molecule has 0 bridgehead atoms. The van der Waals surface area contributed by atoms with Gasteiger partial charge in [0.1, 0.15) is 5.82 Å². The number of rotatable bonds is 11. The molecule has 0 saturated carbocycles. The number of nitrogens with zero attached hydrogens (tertiary/aromatic N) is 3. The van der Waals surface area contributed by atoms with Crippen LogP contribution in [0.5, 0.6) is 0 Å². The van der Waals surface area contributed by atoms with Gasteiger partial charge in [-0.25, -0.2) is 20.2 Å². The molecule has 0 unspecified atom stereocenters. The zero-order valence-electron chi connectivity index (χ0n) is 16.3. The molecule has 3 N–H and O–H groups in total. The van der Waals surface area contributed by atoms with Gasteiger partial charge in [0, 0.05) is 25.7 Å². The summed E-state index contributed by atoms with van der Waals surface area (Å²) in [7, 11) is 0. The van der Waals surface area contributed by atoms with Crippen molar-refractivity contribution in [2.45, 2.75) is 46.1 Å². The van der Waals surface area contributed by atoms with Gasteiger partial charge in [0.15, 0.2) is 0 Å². The molecule has 1 amide bonds. The lowest BCUT2D eigenvalue weighted by Gasteiger charge is -2.21. The van der Waals surface area contributed by atoms with E-state index in [0.717, 1.165) is 24.8 Å². The van der Waals surface area contributed by atoms with Crippen molar-refractivity contribution in [1.82, 2.24) is 15.4 Å². The zero-order chi connectivity index (χ0) is 20.4. The van der Waals surface area contributed by atoms with E-state index in [4.69, 9.17) is 5.11 Å². The number of unbranched alkanes of at least 4 members (excludes halogenated alkanes) is 1. The Hall–Kier alpha value is -3.00. The van der Waals surface area contributed by atoms with Crippen molar-refractivity contribution in [2.24, 2.45) is 0 Å². The van der Waals surface area contributed by atoms with Crippen LogP contribution in [0.3, 0.4) is 0 Å². The van der Waals surface area contributed by atoms with Crippen LogP contribution in [0.25, 0.3) is 0 Å². The molecule has 2 aromatic rings. The summed E-state index contributed by atoms with van der Waals surface area (Å²) in [6, 6.07) is 8.36. The van der Waals surface area contributed by atoms with Crippen molar-refractivity contribution in [1.29, 1.82) is 0 Å². The molecule has 150 valence electrons. The van der Waals surface area contributed by atoms with Crippen LogP contribution in [0.1, 0.15) is 55.5 Å². The van der Waals surface area contributed by atoms with Gasteiger partial charge in [-0.2, -0.15) is 4.98 Å². The van der Waals surface area contributed by atoms with Crippen LogP contribution in [0.4, 0.5) is 11.8 Å². The number of carboxylic acids is 1. The lowest BCUT2D eigenvalue weighted by atomic mass is 10.1. The average molecular weight is 385 g/mol. The van der Waals surface area contributed by atoms with E-state index >= 15 is 0 Å². The summed E-state index contributed by atoms with van der Waals surface area (Å²) in [5, 5.41) is 13.6. The molecule has 0 spiro atoms. The summed E-state index contributed by atoms with van der Waals surface area (Å²) in [6.45, 7) is 5.19. The fourth-order valence-electron chi connectivity index (χ4n) is 2.45. The van der Waals surface area contributed by atoms with Crippen molar-refractivity contribution in [3.63, 3.8) is 0 Å². The molecule has 0 atom stereocenters. The number of aromatic nitrogens is 2. The lowest BCUT2D eigenvalue weighted by Crippen LogP contribution is -2.44. The van der Waals surface area contributed by atoms with E-state index in [9.17, 15) is 9.59 Å². The molecule has 0 aliphatic carbocycles. The maximum Gasteiger partial charge on any atom is 0.335 e. The van der Waals surface area contributed by atoms with Gasteiger partial charge in [-0.15, -0.1) is 0 Å². The maximum atomic E-state index is 12.5. The molecule has 0 radical (unpaired) electrons. The minimum atomic E-state index is -0.952. The summed E-state index contributed by atoms with van der Waals surface area (Å²) >= 11 is 0. The molecule has 8 nitrogen and oxygen atoms in total. The summed E-state index contributed by atoms with van der Waals surface area (Å²) in [6.07, 6.45) is 4.67. The highest BCUT2D eigenvalue weighted by molar-refractivity contribution is 5.90. The molecule has 28 heavy (non-hydrogen) atoms. The quantitative estimate of drug-likeness (QED) is 0.510. The van der Waals surface area contributed by atoms with Crippen LogP contribution in [-0.4, -0.2) is 33.5 Å². The molecule has 0 aliphatic rings. The number of hydrazine groups is 1. The number of hydrogen-bond donors (Lipinski definition) is 3. The Morgan fingerprint density at radius 3 is 2.50 bits per heavy atom. The van der Waals surface area contributed by atoms with E-state index in [-0.39, 0.29) is 11.5 Å². The zero-order valence-corrected chi connectivity index (χ0v) is 16.3. The van der Waals surface area contributed by atoms with Crippen LogP contribution in [0.2, 0.25) is 0 Å². The van der Waals surface area contributed by atoms with E-state index in [2.05, 4.69) is 20.7 Å². The number of aromatic carboxylic acids is 1. The number of nitrogens with one attached hydrogen (secondary N) is 2. The lowest BCUT2D eigenvalue weighted by molar-refractivity contribution is -0.119. The van der Waals surface area contributed by atoms with E-state index in [0.29, 0.717) is 31.3 Å². The third-order valence-electron chi connectivity index (χ3n) is 4.03. The smallest absolute Gasteiger partial charge is 0.335 e. The molecule has 0 saturated heterocycles. The van der Waals surface area contributed by atoms with E-state index in [1.54, 1.807) is 36.5 Å². The first kappa shape index (κ1) is 21.3. The van der Waals surface area contributed by atoms with Crippen molar-refractivity contribution in [3.05, 3.63) is 47.7 Å². The third kappa shape index (κ3) is 6.31. The number of hydrogen-bond acceptors (Lipinski definition) is 6.